The molecule has 1 aliphatic rings. The number of benzene rings is 2. The van der Waals surface area contributed by atoms with Crippen molar-refractivity contribution in [2.75, 3.05) is 23.8 Å². The van der Waals surface area contributed by atoms with Crippen molar-refractivity contribution in [2.45, 2.75) is 38.2 Å². The Labute approximate surface area is 233 Å². The minimum Gasteiger partial charge on any atom is -0.402 e. The third-order valence-corrected chi connectivity index (χ3v) is 6.37. The molecule has 0 radical (unpaired) electrons. The average Bonchev–Trinajstić information content (AvgIpc) is 3.33. The van der Waals surface area contributed by atoms with E-state index in [-0.39, 0.29) is 42.0 Å². The van der Waals surface area contributed by atoms with Crippen LogP contribution in [0.5, 0.6) is 0 Å². The van der Waals surface area contributed by atoms with Crippen LogP contribution in [-0.2, 0) is 17.4 Å². The Morgan fingerprint density at radius 1 is 1.07 bits per heavy atom. The second-order valence-corrected chi connectivity index (χ2v) is 10.4. The molecule has 0 saturated carbocycles. The van der Waals surface area contributed by atoms with Gasteiger partial charge in [0, 0.05) is 37.3 Å². The molecule has 3 heterocycles. The van der Waals surface area contributed by atoms with E-state index in [1.165, 1.54) is 25.8 Å². The first kappa shape index (κ1) is 28.0. The summed E-state index contributed by atoms with van der Waals surface area (Å²) in [6.07, 6.45) is -4.91. The standard InChI is InChI=1S/C29H27F3N6O3/c1-28(2,40)16-38(3)21-14-19(29(30,31)32)15-33-24(21)26-36-37-27(41-26)35-25-22(39)13-18-11-7-8-12-20(18)23(34-25)17-9-5-4-6-10-17/h4-12,14-15,25,40H,13,16H2,1-3H3,(H,35,37)/t25-/m1/s1. The number of Topliss-reactive ketones (excluding diaryl/α,β-unsaturated/α-hetero) is 1. The number of carbonyl (C=O) groups is 1. The number of hydrogen-bond acceptors (Lipinski definition) is 9. The summed E-state index contributed by atoms with van der Waals surface area (Å²) in [7, 11) is 1.52. The van der Waals surface area contributed by atoms with Crippen molar-refractivity contribution < 1.29 is 27.5 Å². The molecule has 0 saturated heterocycles. The van der Waals surface area contributed by atoms with E-state index in [9.17, 15) is 23.1 Å². The number of aromatic nitrogens is 3. The summed E-state index contributed by atoms with van der Waals surface area (Å²) in [5.74, 6) is -0.406. The van der Waals surface area contributed by atoms with Crippen LogP contribution in [0.15, 0.2) is 76.3 Å². The van der Waals surface area contributed by atoms with Crippen LogP contribution in [0, 0.1) is 0 Å². The topological polar surface area (TPSA) is 117 Å². The SMILES string of the molecule is CN(CC(C)(C)O)c1cc(C(F)(F)F)cnc1-c1nnc(N[C@H]2N=C(c3ccccc3)c3ccccc3CC2=O)o1. The number of aliphatic imine (C=N–C) groups is 1. The van der Waals surface area contributed by atoms with Crippen molar-refractivity contribution in [1.82, 2.24) is 15.2 Å². The van der Waals surface area contributed by atoms with E-state index in [2.05, 4.69) is 20.5 Å². The number of nitrogens with zero attached hydrogens (tertiary/aromatic N) is 5. The molecule has 2 aromatic carbocycles. The summed E-state index contributed by atoms with van der Waals surface area (Å²) in [5.41, 5.74) is 0.919. The van der Waals surface area contributed by atoms with Gasteiger partial charge >= 0.3 is 12.2 Å². The molecule has 212 valence electrons. The number of likely N-dealkylation sites (N-methyl/N-ethyl adjacent to an activating group) is 1. The van der Waals surface area contributed by atoms with Crippen molar-refractivity contribution in [1.29, 1.82) is 0 Å². The van der Waals surface area contributed by atoms with Gasteiger partial charge in [-0.05, 0) is 25.5 Å². The van der Waals surface area contributed by atoms with Gasteiger partial charge in [0.1, 0.15) is 0 Å². The minimum absolute atomic E-state index is 0.00362. The summed E-state index contributed by atoms with van der Waals surface area (Å²) in [6, 6.07) is 17.7. The molecule has 9 nitrogen and oxygen atoms in total. The number of fused-ring (bicyclic) bond motifs is 1. The number of nitrogens with one attached hydrogen (secondary N) is 1. The highest BCUT2D eigenvalue weighted by atomic mass is 19.4. The van der Waals surface area contributed by atoms with Crippen molar-refractivity contribution in [3.05, 3.63) is 89.1 Å². The summed E-state index contributed by atoms with van der Waals surface area (Å²) < 4.78 is 46.2. The fourth-order valence-electron chi connectivity index (χ4n) is 4.62. The molecule has 2 N–H and O–H groups in total. The monoisotopic (exact) mass is 564 g/mol. The van der Waals surface area contributed by atoms with Gasteiger partial charge in [-0.1, -0.05) is 59.7 Å². The highest BCUT2D eigenvalue weighted by Crippen LogP contribution is 2.36. The lowest BCUT2D eigenvalue weighted by atomic mass is 9.96. The largest absolute Gasteiger partial charge is 0.417 e. The molecule has 0 amide bonds. The lowest BCUT2D eigenvalue weighted by Gasteiger charge is -2.28. The molecule has 0 bridgehead atoms. The van der Waals surface area contributed by atoms with Gasteiger partial charge < -0.3 is 19.7 Å². The molecule has 12 heteroatoms. The third kappa shape index (κ3) is 6.27. The quantitative estimate of drug-likeness (QED) is 0.330. The zero-order chi connectivity index (χ0) is 29.4. The minimum atomic E-state index is -4.64. The first-order chi connectivity index (χ1) is 19.4. The van der Waals surface area contributed by atoms with E-state index in [4.69, 9.17) is 9.41 Å². The van der Waals surface area contributed by atoms with Crippen LogP contribution in [0.4, 0.5) is 24.9 Å². The van der Waals surface area contributed by atoms with Gasteiger partial charge in [-0.2, -0.15) is 13.2 Å². The van der Waals surface area contributed by atoms with Gasteiger partial charge in [-0.3, -0.25) is 9.79 Å². The Kier molecular flexibility index (Phi) is 7.35. The lowest BCUT2D eigenvalue weighted by molar-refractivity contribution is -0.137. The smallest absolute Gasteiger partial charge is 0.402 e. The second kappa shape index (κ2) is 10.8. The fraction of sp³-hybridized carbons (Fsp3) is 0.276. The maximum Gasteiger partial charge on any atom is 0.417 e. The molecule has 41 heavy (non-hydrogen) atoms. The maximum atomic E-state index is 13.5. The number of halogens is 3. The molecule has 0 aliphatic carbocycles. The fourth-order valence-corrected chi connectivity index (χ4v) is 4.62. The molecule has 1 aliphatic heterocycles. The highest BCUT2D eigenvalue weighted by molar-refractivity contribution is 6.16. The molecule has 2 aromatic heterocycles. The number of hydrogen-bond donors (Lipinski definition) is 2. The van der Waals surface area contributed by atoms with Crippen molar-refractivity contribution >= 4 is 23.2 Å². The lowest BCUT2D eigenvalue weighted by Crippen LogP contribution is -2.36. The van der Waals surface area contributed by atoms with Crippen LogP contribution in [0.3, 0.4) is 0 Å². The van der Waals surface area contributed by atoms with Gasteiger partial charge in [0.15, 0.2) is 17.6 Å². The predicted octanol–water partition coefficient (Wildman–Crippen LogP) is 4.76. The molecular formula is C29H27F3N6O3. The zero-order valence-corrected chi connectivity index (χ0v) is 22.5. The van der Waals surface area contributed by atoms with E-state index >= 15 is 0 Å². The molecule has 0 unspecified atom stereocenters. The Balaban J connectivity index is 1.49. The van der Waals surface area contributed by atoms with E-state index < -0.39 is 23.5 Å². The van der Waals surface area contributed by atoms with E-state index in [0.29, 0.717) is 11.9 Å². The van der Waals surface area contributed by atoms with Crippen molar-refractivity contribution in [3.63, 3.8) is 0 Å². The number of alkyl halides is 3. The summed E-state index contributed by atoms with van der Waals surface area (Å²) in [5, 5.41) is 21.1. The van der Waals surface area contributed by atoms with Gasteiger partial charge in [0.05, 0.1) is 22.6 Å². The average molecular weight is 565 g/mol. The van der Waals surface area contributed by atoms with Crippen LogP contribution >= 0.6 is 0 Å². The van der Waals surface area contributed by atoms with Gasteiger partial charge in [0.25, 0.3) is 5.89 Å². The van der Waals surface area contributed by atoms with Gasteiger partial charge in [-0.25, -0.2) is 4.98 Å². The first-order valence-electron chi connectivity index (χ1n) is 12.7. The highest BCUT2D eigenvalue weighted by Gasteiger charge is 2.34. The van der Waals surface area contributed by atoms with Crippen LogP contribution in [0.2, 0.25) is 0 Å². The van der Waals surface area contributed by atoms with Crippen LogP contribution < -0.4 is 10.2 Å². The number of carbonyl (C=O) groups excluding carboxylic acids is 1. The Bertz CT molecular complexity index is 1600. The Morgan fingerprint density at radius 3 is 2.49 bits per heavy atom. The maximum absolute atomic E-state index is 13.5. The van der Waals surface area contributed by atoms with Crippen LogP contribution in [0.25, 0.3) is 11.6 Å². The summed E-state index contributed by atoms with van der Waals surface area (Å²) in [6.45, 7) is 3.06. The molecule has 5 rings (SSSR count). The summed E-state index contributed by atoms with van der Waals surface area (Å²) >= 11 is 0. The second-order valence-electron chi connectivity index (χ2n) is 10.4. The molecule has 0 fully saturated rings. The Morgan fingerprint density at radius 2 is 1.78 bits per heavy atom. The number of pyridine rings is 1. The predicted molar refractivity (Wildman–Crippen MR) is 147 cm³/mol. The zero-order valence-electron chi connectivity index (χ0n) is 22.5. The number of anilines is 2. The van der Waals surface area contributed by atoms with Gasteiger partial charge in [0.2, 0.25) is 0 Å². The van der Waals surface area contributed by atoms with Crippen LogP contribution in [0.1, 0.15) is 36.1 Å². The van der Waals surface area contributed by atoms with Gasteiger partial charge in [-0.15, -0.1) is 5.10 Å². The van der Waals surface area contributed by atoms with E-state index in [1.54, 1.807) is 0 Å². The number of aliphatic hydroxyl groups is 1. The van der Waals surface area contributed by atoms with E-state index in [1.807, 2.05) is 54.6 Å². The van der Waals surface area contributed by atoms with E-state index in [0.717, 1.165) is 22.8 Å². The number of ketones is 1. The summed E-state index contributed by atoms with van der Waals surface area (Å²) in [4.78, 5) is 23.4. The van der Waals surface area contributed by atoms with Crippen LogP contribution in [-0.4, -0.2) is 57.1 Å². The normalized spacial score (nSPS) is 15.6. The molecule has 0 spiro atoms. The molecular weight excluding hydrogens is 537 g/mol. The molecule has 1 atom stereocenters. The number of rotatable bonds is 7. The van der Waals surface area contributed by atoms with Crippen molar-refractivity contribution in [3.8, 4) is 11.6 Å². The third-order valence-electron chi connectivity index (χ3n) is 6.37. The molecule has 4 aromatic rings. The first-order valence-corrected chi connectivity index (χ1v) is 12.7. The van der Waals surface area contributed by atoms with Crippen molar-refractivity contribution in [2.24, 2.45) is 4.99 Å². The Hall–Kier alpha value is -4.58.